The van der Waals surface area contributed by atoms with E-state index < -0.39 is 0 Å². The molecule has 198 valence electrons. The first-order valence-corrected chi connectivity index (χ1v) is 13.5. The topological polar surface area (TPSA) is 98.2 Å². The van der Waals surface area contributed by atoms with Gasteiger partial charge in [-0.05, 0) is 84.5 Å². The molecule has 0 spiro atoms. The van der Waals surface area contributed by atoms with E-state index in [2.05, 4.69) is 51.4 Å². The third kappa shape index (κ3) is 4.67. The Morgan fingerprint density at radius 3 is 2.71 bits per heavy atom. The van der Waals surface area contributed by atoms with Crippen LogP contribution in [-0.2, 0) is 13.1 Å². The zero-order valence-corrected chi connectivity index (χ0v) is 22.2. The van der Waals surface area contributed by atoms with E-state index in [0.29, 0.717) is 19.1 Å². The first-order valence-electron chi connectivity index (χ1n) is 13.5. The van der Waals surface area contributed by atoms with Crippen LogP contribution in [0, 0.1) is 13.8 Å². The standard InChI is InChI=1S/C29H34N6O3/c1-4-25(28-31-32-33-35(28)22-7-5-6-8-22)34(15-20-9-10-26-27(13-20)38-17-37-26)16-21-14-23-19(3)11-18(2)12-24(23)30-29(21)36/h9-14,22,25H,4-8,15-17H2,1-3H3,(H,30,36)/t25-/m1/s1. The smallest absolute Gasteiger partial charge is 0.252 e. The van der Waals surface area contributed by atoms with Gasteiger partial charge in [0.2, 0.25) is 6.79 Å². The zero-order valence-electron chi connectivity index (χ0n) is 22.2. The number of hydrogen-bond donors (Lipinski definition) is 1. The van der Waals surface area contributed by atoms with Gasteiger partial charge in [-0.2, -0.15) is 0 Å². The molecule has 2 aromatic carbocycles. The van der Waals surface area contributed by atoms with E-state index in [1.54, 1.807) is 0 Å². The molecule has 1 fully saturated rings. The number of tetrazole rings is 1. The second-order valence-electron chi connectivity index (χ2n) is 10.6. The molecule has 2 aromatic heterocycles. The van der Waals surface area contributed by atoms with Gasteiger partial charge >= 0.3 is 0 Å². The average molecular weight is 515 g/mol. The molecule has 1 aliphatic carbocycles. The number of fused-ring (bicyclic) bond motifs is 2. The lowest BCUT2D eigenvalue weighted by Crippen LogP contribution is -2.32. The van der Waals surface area contributed by atoms with Crippen molar-refractivity contribution in [3.05, 3.63) is 74.8 Å². The van der Waals surface area contributed by atoms with Crippen LogP contribution in [-0.4, -0.2) is 36.9 Å². The number of aryl methyl sites for hydroxylation is 2. The van der Waals surface area contributed by atoms with Crippen LogP contribution in [0.25, 0.3) is 10.9 Å². The Kier molecular flexibility index (Phi) is 6.61. The molecule has 1 saturated carbocycles. The lowest BCUT2D eigenvalue weighted by atomic mass is 10.0. The normalized spacial score (nSPS) is 16.1. The highest BCUT2D eigenvalue weighted by Crippen LogP contribution is 2.36. The molecule has 4 aromatic rings. The van der Waals surface area contributed by atoms with Gasteiger partial charge in [0, 0.05) is 29.6 Å². The van der Waals surface area contributed by atoms with Crippen molar-refractivity contribution in [1.82, 2.24) is 30.1 Å². The Bertz CT molecular complexity index is 1520. The van der Waals surface area contributed by atoms with E-state index >= 15 is 0 Å². The molecule has 1 atom stereocenters. The number of aromatic nitrogens is 5. The minimum absolute atomic E-state index is 0.0646. The predicted molar refractivity (Wildman–Crippen MR) is 144 cm³/mol. The SMILES string of the molecule is CC[C@H](c1nnnn1C1CCCC1)N(Cc1ccc2c(c1)OCO2)Cc1cc2c(C)cc(C)cc2[nH]c1=O. The van der Waals surface area contributed by atoms with Crippen LogP contribution >= 0.6 is 0 Å². The first-order chi connectivity index (χ1) is 18.5. The number of pyridine rings is 1. The quantitative estimate of drug-likeness (QED) is 0.348. The summed E-state index contributed by atoms with van der Waals surface area (Å²) in [5.74, 6) is 2.37. The largest absolute Gasteiger partial charge is 0.454 e. The third-order valence-corrected chi connectivity index (χ3v) is 7.90. The van der Waals surface area contributed by atoms with Crippen LogP contribution < -0.4 is 15.0 Å². The van der Waals surface area contributed by atoms with Crippen LogP contribution in [0.3, 0.4) is 0 Å². The molecular formula is C29H34N6O3. The molecule has 9 nitrogen and oxygen atoms in total. The number of hydrogen-bond acceptors (Lipinski definition) is 7. The number of nitrogens with zero attached hydrogens (tertiary/aromatic N) is 5. The number of ether oxygens (including phenoxy) is 2. The molecule has 0 unspecified atom stereocenters. The number of rotatable bonds is 8. The third-order valence-electron chi connectivity index (χ3n) is 7.90. The van der Waals surface area contributed by atoms with Gasteiger partial charge in [0.05, 0.1) is 12.1 Å². The minimum atomic E-state index is -0.0663. The van der Waals surface area contributed by atoms with Crippen molar-refractivity contribution in [2.75, 3.05) is 6.79 Å². The van der Waals surface area contributed by atoms with Gasteiger partial charge in [0.25, 0.3) is 5.56 Å². The van der Waals surface area contributed by atoms with E-state index in [9.17, 15) is 4.79 Å². The van der Waals surface area contributed by atoms with Crippen molar-refractivity contribution in [3.8, 4) is 11.5 Å². The highest BCUT2D eigenvalue weighted by molar-refractivity contribution is 5.83. The second-order valence-corrected chi connectivity index (χ2v) is 10.6. The summed E-state index contributed by atoms with van der Waals surface area (Å²) in [6.45, 7) is 7.60. The maximum absolute atomic E-state index is 13.3. The molecule has 2 aliphatic rings. The Morgan fingerprint density at radius 2 is 1.89 bits per heavy atom. The summed E-state index contributed by atoms with van der Waals surface area (Å²) in [7, 11) is 0. The van der Waals surface area contributed by atoms with Crippen LogP contribution in [0.5, 0.6) is 11.5 Å². The summed E-state index contributed by atoms with van der Waals surface area (Å²) in [5, 5.41) is 14.1. The summed E-state index contributed by atoms with van der Waals surface area (Å²) >= 11 is 0. The molecule has 3 heterocycles. The van der Waals surface area contributed by atoms with Crippen molar-refractivity contribution in [2.24, 2.45) is 0 Å². The highest BCUT2D eigenvalue weighted by atomic mass is 16.7. The summed E-state index contributed by atoms with van der Waals surface area (Å²) in [6.07, 6.45) is 5.40. The molecular weight excluding hydrogens is 480 g/mol. The van der Waals surface area contributed by atoms with Crippen molar-refractivity contribution < 1.29 is 9.47 Å². The predicted octanol–water partition coefficient (Wildman–Crippen LogP) is 5.13. The van der Waals surface area contributed by atoms with E-state index in [0.717, 1.165) is 69.7 Å². The van der Waals surface area contributed by atoms with E-state index in [1.165, 1.54) is 12.8 Å². The Balaban J connectivity index is 1.40. The molecule has 0 saturated heterocycles. The van der Waals surface area contributed by atoms with Gasteiger partial charge in [-0.3, -0.25) is 9.69 Å². The molecule has 0 bridgehead atoms. The lowest BCUT2D eigenvalue weighted by molar-refractivity contribution is 0.158. The Hall–Kier alpha value is -3.72. The van der Waals surface area contributed by atoms with Gasteiger partial charge in [0.1, 0.15) is 0 Å². The van der Waals surface area contributed by atoms with E-state index in [4.69, 9.17) is 9.47 Å². The summed E-state index contributed by atoms with van der Waals surface area (Å²) in [5.41, 5.74) is 4.89. The molecule has 0 radical (unpaired) electrons. The minimum Gasteiger partial charge on any atom is -0.454 e. The molecule has 38 heavy (non-hydrogen) atoms. The van der Waals surface area contributed by atoms with Gasteiger partial charge in [-0.25, -0.2) is 4.68 Å². The molecule has 6 rings (SSSR count). The second kappa shape index (κ2) is 10.2. The monoisotopic (exact) mass is 514 g/mol. The number of aromatic amines is 1. The number of benzene rings is 2. The Labute approximate surface area is 221 Å². The van der Waals surface area contributed by atoms with E-state index in [-0.39, 0.29) is 18.4 Å². The lowest BCUT2D eigenvalue weighted by Gasteiger charge is -2.31. The fourth-order valence-corrected chi connectivity index (χ4v) is 6.04. The van der Waals surface area contributed by atoms with Gasteiger partial charge in [-0.15, -0.1) is 5.10 Å². The van der Waals surface area contributed by atoms with Crippen molar-refractivity contribution >= 4 is 10.9 Å². The van der Waals surface area contributed by atoms with Crippen LogP contribution in [0.1, 0.15) is 79.2 Å². The maximum Gasteiger partial charge on any atom is 0.252 e. The highest BCUT2D eigenvalue weighted by Gasteiger charge is 2.30. The molecule has 1 aliphatic heterocycles. The van der Waals surface area contributed by atoms with Crippen LogP contribution in [0.4, 0.5) is 0 Å². The fourth-order valence-electron chi connectivity index (χ4n) is 6.04. The van der Waals surface area contributed by atoms with Gasteiger partial charge in [0.15, 0.2) is 17.3 Å². The summed E-state index contributed by atoms with van der Waals surface area (Å²) in [4.78, 5) is 18.7. The van der Waals surface area contributed by atoms with Crippen LogP contribution in [0.2, 0.25) is 0 Å². The van der Waals surface area contributed by atoms with Crippen molar-refractivity contribution in [1.29, 1.82) is 0 Å². The summed E-state index contributed by atoms with van der Waals surface area (Å²) in [6, 6.07) is 12.5. The zero-order chi connectivity index (χ0) is 26.2. The van der Waals surface area contributed by atoms with Crippen LogP contribution in [0.15, 0.2) is 41.2 Å². The Morgan fingerprint density at radius 1 is 1.08 bits per heavy atom. The van der Waals surface area contributed by atoms with Gasteiger partial charge < -0.3 is 14.5 Å². The van der Waals surface area contributed by atoms with Crippen molar-refractivity contribution in [2.45, 2.75) is 78.0 Å². The van der Waals surface area contributed by atoms with Crippen molar-refractivity contribution in [3.63, 3.8) is 0 Å². The first kappa shape index (κ1) is 24.6. The summed E-state index contributed by atoms with van der Waals surface area (Å²) < 4.78 is 13.2. The molecule has 1 N–H and O–H groups in total. The number of H-pyrrole nitrogens is 1. The number of nitrogens with one attached hydrogen (secondary N) is 1. The molecule has 0 amide bonds. The average Bonchev–Trinajstić information content (AvgIpc) is 3.67. The fraction of sp³-hybridized carbons (Fsp3) is 0.448. The van der Waals surface area contributed by atoms with E-state index in [1.807, 2.05) is 35.9 Å². The molecule has 9 heteroatoms. The maximum atomic E-state index is 13.3. The van der Waals surface area contributed by atoms with Gasteiger partial charge in [-0.1, -0.05) is 31.9 Å².